The van der Waals surface area contributed by atoms with E-state index >= 15 is 0 Å². The van der Waals surface area contributed by atoms with Crippen LogP contribution >= 0.6 is 0 Å². The fraction of sp³-hybridized carbons (Fsp3) is 0.267. The molecular formula is C15H18N2O2. The molecule has 1 unspecified atom stereocenters. The third-order valence-electron chi connectivity index (χ3n) is 3.09. The predicted octanol–water partition coefficient (Wildman–Crippen LogP) is 2.39. The third-order valence-corrected chi connectivity index (χ3v) is 3.09. The lowest BCUT2D eigenvalue weighted by atomic mass is 10.1. The molecule has 1 aromatic heterocycles. The standard InChI is InChI=1S/C15H18N2O2/c1-11(14-10-13(18)2-3-15(14)19)17-9-6-12-4-7-16-8-5-12/h2-5,7-8,10-11,17-19H,6,9H2,1H3. The van der Waals surface area contributed by atoms with Crippen molar-refractivity contribution in [2.24, 2.45) is 0 Å². The molecule has 0 saturated carbocycles. The van der Waals surface area contributed by atoms with E-state index in [9.17, 15) is 10.2 Å². The molecule has 4 nitrogen and oxygen atoms in total. The number of hydrogen-bond acceptors (Lipinski definition) is 4. The highest BCUT2D eigenvalue weighted by Gasteiger charge is 2.10. The van der Waals surface area contributed by atoms with E-state index in [-0.39, 0.29) is 17.5 Å². The van der Waals surface area contributed by atoms with Gasteiger partial charge >= 0.3 is 0 Å². The molecule has 0 aliphatic heterocycles. The van der Waals surface area contributed by atoms with Gasteiger partial charge in [0, 0.05) is 24.0 Å². The molecule has 0 spiro atoms. The maximum Gasteiger partial charge on any atom is 0.120 e. The number of phenolic OH excluding ortho intramolecular Hbond substituents is 2. The average molecular weight is 258 g/mol. The van der Waals surface area contributed by atoms with E-state index in [1.165, 1.54) is 17.7 Å². The van der Waals surface area contributed by atoms with Gasteiger partial charge in [0.2, 0.25) is 0 Å². The van der Waals surface area contributed by atoms with Gasteiger partial charge in [-0.15, -0.1) is 0 Å². The maximum absolute atomic E-state index is 9.76. The normalized spacial score (nSPS) is 12.3. The number of hydrogen-bond donors (Lipinski definition) is 3. The van der Waals surface area contributed by atoms with Gasteiger partial charge in [-0.3, -0.25) is 4.98 Å². The smallest absolute Gasteiger partial charge is 0.120 e. The highest BCUT2D eigenvalue weighted by Crippen LogP contribution is 2.27. The molecule has 0 bridgehead atoms. The van der Waals surface area contributed by atoms with Gasteiger partial charge in [-0.1, -0.05) is 0 Å². The van der Waals surface area contributed by atoms with Gasteiger partial charge in [0.05, 0.1) is 0 Å². The van der Waals surface area contributed by atoms with Crippen molar-refractivity contribution in [2.45, 2.75) is 19.4 Å². The Hall–Kier alpha value is -2.07. The molecule has 1 atom stereocenters. The number of aromatic hydroxyl groups is 2. The van der Waals surface area contributed by atoms with Crippen molar-refractivity contribution in [3.63, 3.8) is 0 Å². The molecule has 0 fully saturated rings. The first-order valence-corrected chi connectivity index (χ1v) is 6.31. The Morgan fingerprint density at radius 1 is 1.16 bits per heavy atom. The number of rotatable bonds is 5. The lowest BCUT2D eigenvalue weighted by Crippen LogP contribution is -2.21. The van der Waals surface area contributed by atoms with Crippen molar-refractivity contribution in [3.05, 3.63) is 53.9 Å². The second-order valence-electron chi connectivity index (χ2n) is 4.52. The Bertz CT molecular complexity index is 529. The van der Waals surface area contributed by atoms with Crippen LogP contribution in [0, 0.1) is 0 Å². The summed E-state index contributed by atoms with van der Waals surface area (Å²) in [7, 11) is 0. The number of nitrogens with one attached hydrogen (secondary N) is 1. The number of aromatic nitrogens is 1. The Kier molecular flexibility index (Phi) is 4.36. The fourth-order valence-corrected chi connectivity index (χ4v) is 1.98. The molecular weight excluding hydrogens is 240 g/mol. The molecule has 4 heteroatoms. The minimum Gasteiger partial charge on any atom is -0.508 e. The maximum atomic E-state index is 9.76. The molecule has 0 aliphatic rings. The number of pyridine rings is 1. The highest BCUT2D eigenvalue weighted by molar-refractivity contribution is 5.40. The Labute approximate surface area is 112 Å². The fourth-order valence-electron chi connectivity index (χ4n) is 1.98. The summed E-state index contributed by atoms with van der Waals surface area (Å²) < 4.78 is 0. The molecule has 0 aliphatic carbocycles. The lowest BCUT2D eigenvalue weighted by molar-refractivity contribution is 0.441. The van der Waals surface area contributed by atoms with Gasteiger partial charge in [-0.2, -0.15) is 0 Å². The Morgan fingerprint density at radius 2 is 1.89 bits per heavy atom. The Morgan fingerprint density at radius 3 is 2.63 bits per heavy atom. The first-order chi connectivity index (χ1) is 9.16. The second-order valence-corrected chi connectivity index (χ2v) is 4.52. The van der Waals surface area contributed by atoms with E-state index in [0.717, 1.165) is 13.0 Å². The average Bonchev–Trinajstić information content (AvgIpc) is 2.42. The zero-order valence-corrected chi connectivity index (χ0v) is 10.9. The van der Waals surface area contributed by atoms with Crippen LogP contribution in [0.2, 0.25) is 0 Å². The summed E-state index contributed by atoms with van der Waals surface area (Å²) >= 11 is 0. The zero-order valence-electron chi connectivity index (χ0n) is 10.9. The van der Waals surface area contributed by atoms with Crippen LogP contribution in [-0.4, -0.2) is 21.7 Å². The first kappa shape index (κ1) is 13.4. The topological polar surface area (TPSA) is 65.4 Å². The molecule has 2 rings (SSSR count). The molecule has 0 amide bonds. The van der Waals surface area contributed by atoms with Crippen molar-refractivity contribution >= 4 is 0 Å². The zero-order chi connectivity index (χ0) is 13.7. The van der Waals surface area contributed by atoms with E-state index in [2.05, 4.69) is 10.3 Å². The SMILES string of the molecule is CC(NCCc1ccncc1)c1cc(O)ccc1O. The summed E-state index contributed by atoms with van der Waals surface area (Å²) in [5, 5.41) is 22.5. The van der Waals surface area contributed by atoms with Crippen molar-refractivity contribution in [1.82, 2.24) is 10.3 Å². The van der Waals surface area contributed by atoms with E-state index in [0.29, 0.717) is 5.56 Å². The summed E-state index contributed by atoms with van der Waals surface area (Å²) in [6, 6.07) is 8.51. The second kappa shape index (κ2) is 6.20. The van der Waals surface area contributed by atoms with E-state index in [1.807, 2.05) is 19.1 Å². The van der Waals surface area contributed by atoms with E-state index in [1.54, 1.807) is 18.5 Å². The molecule has 1 aromatic carbocycles. The van der Waals surface area contributed by atoms with Crippen molar-refractivity contribution in [2.75, 3.05) is 6.54 Å². The quantitative estimate of drug-likeness (QED) is 0.720. The van der Waals surface area contributed by atoms with Crippen LogP contribution < -0.4 is 5.32 Å². The molecule has 0 saturated heterocycles. The first-order valence-electron chi connectivity index (χ1n) is 6.31. The number of phenols is 2. The van der Waals surface area contributed by atoms with Gasteiger partial charge in [0.15, 0.2) is 0 Å². The summed E-state index contributed by atoms with van der Waals surface area (Å²) in [6.45, 7) is 2.75. The highest BCUT2D eigenvalue weighted by atomic mass is 16.3. The van der Waals surface area contributed by atoms with E-state index in [4.69, 9.17) is 0 Å². The molecule has 19 heavy (non-hydrogen) atoms. The van der Waals surface area contributed by atoms with Gasteiger partial charge in [0.25, 0.3) is 0 Å². The van der Waals surface area contributed by atoms with Crippen molar-refractivity contribution in [3.8, 4) is 11.5 Å². The Balaban J connectivity index is 1.91. The largest absolute Gasteiger partial charge is 0.508 e. The molecule has 1 heterocycles. The minimum atomic E-state index is -0.0195. The van der Waals surface area contributed by atoms with Gasteiger partial charge in [-0.25, -0.2) is 0 Å². The predicted molar refractivity (Wildman–Crippen MR) is 74.1 cm³/mol. The molecule has 3 N–H and O–H groups in total. The minimum absolute atomic E-state index is 0.0195. The van der Waals surface area contributed by atoms with Gasteiger partial charge in [-0.05, 0) is 55.8 Å². The molecule has 0 radical (unpaired) electrons. The molecule has 2 aromatic rings. The lowest BCUT2D eigenvalue weighted by Gasteiger charge is -2.15. The van der Waals surface area contributed by atoms with Gasteiger partial charge < -0.3 is 15.5 Å². The van der Waals surface area contributed by atoms with Crippen LogP contribution in [0.4, 0.5) is 0 Å². The summed E-state index contributed by atoms with van der Waals surface area (Å²) in [4.78, 5) is 3.98. The number of nitrogens with zero attached hydrogens (tertiary/aromatic N) is 1. The third kappa shape index (κ3) is 3.69. The van der Waals surface area contributed by atoms with Crippen LogP contribution in [0.1, 0.15) is 24.1 Å². The van der Waals surface area contributed by atoms with Crippen LogP contribution in [0.25, 0.3) is 0 Å². The van der Waals surface area contributed by atoms with Crippen LogP contribution in [0.5, 0.6) is 11.5 Å². The van der Waals surface area contributed by atoms with Crippen LogP contribution in [0.15, 0.2) is 42.7 Å². The van der Waals surface area contributed by atoms with Crippen molar-refractivity contribution in [1.29, 1.82) is 0 Å². The van der Waals surface area contributed by atoms with Crippen LogP contribution in [0.3, 0.4) is 0 Å². The number of benzene rings is 1. The summed E-state index contributed by atoms with van der Waals surface area (Å²) in [5.74, 6) is 0.359. The summed E-state index contributed by atoms with van der Waals surface area (Å²) in [6.07, 6.45) is 4.45. The van der Waals surface area contributed by atoms with Crippen LogP contribution in [-0.2, 0) is 6.42 Å². The van der Waals surface area contributed by atoms with E-state index < -0.39 is 0 Å². The van der Waals surface area contributed by atoms with Crippen molar-refractivity contribution < 1.29 is 10.2 Å². The monoisotopic (exact) mass is 258 g/mol. The summed E-state index contributed by atoms with van der Waals surface area (Å²) in [5.41, 5.74) is 1.92. The molecule has 100 valence electrons. The van der Waals surface area contributed by atoms with Gasteiger partial charge in [0.1, 0.15) is 11.5 Å².